The summed E-state index contributed by atoms with van der Waals surface area (Å²) in [5.74, 6) is 1.22. The molecule has 0 aliphatic heterocycles. The fourth-order valence-electron chi connectivity index (χ4n) is 2.65. The third kappa shape index (κ3) is 4.47. The van der Waals surface area contributed by atoms with E-state index in [9.17, 15) is 5.11 Å². The van der Waals surface area contributed by atoms with Crippen LogP contribution in [0, 0.1) is 12.1 Å². The molecule has 0 bridgehead atoms. The number of rotatable bonds is 4. The van der Waals surface area contributed by atoms with E-state index in [0.717, 1.165) is 16.8 Å². The van der Waals surface area contributed by atoms with Crippen LogP contribution in [0.5, 0.6) is 17.4 Å². The van der Waals surface area contributed by atoms with Crippen molar-refractivity contribution in [2.75, 3.05) is 0 Å². The molecule has 0 saturated heterocycles. The molecule has 3 nitrogen and oxygen atoms in total. The SMILES string of the molecule is Oc1ccccc1-c1[c-]c(Oc2cccc(-c3[c-]cccc3)n2)ccc1.[Au]. The molecule has 0 fully saturated rings. The van der Waals surface area contributed by atoms with Crippen molar-refractivity contribution in [3.05, 3.63) is 97.1 Å². The number of pyridine rings is 1. The molecule has 4 heteroatoms. The third-order valence-electron chi connectivity index (χ3n) is 3.89. The van der Waals surface area contributed by atoms with Crippen molar-refractivity contribution < 1.29 is 32.2 Å². The number of benzene rings is 3. The molecule has 0 saturated carbocycles. The monoisotopic (exact) mass is 534 g/mol. The van der Waals surface area contributed by atoms with Gasteiger partial charge in [-0.05, 0) is 17.8 Å². The quantitative estimate of drug-likeness (QED) is 0.278. The second-order valence-corrected chi connectivity index (χ2v) is 5.69. The van der Waals surface area contributed by atoms with Gasteiger partial charge in [0.15, 0.2) is 0 Å². The van der Waals surface area contributed by atoms with Crippen LogP contribution in [0.15, 0.2) is 84.9 Å². The summed E-state index contributed by atoms with van der Waals surface area (Å²) in [7, 11) is 0. The molecule has 1 N–H and O–H groups in total. The van der Waals surface area contributed by atoms with Crippen LogP contribution < -0.4 is 4.74 Å². The molecule has 1 aromatic heterocycles. The van der Waals surface area contributed by atoms with E-state index in [1.807, 2.05) is 66.7 Å². The van der Waals surface area contributed by atoms with Crippen LogP contribution in [-0.4, -0.2) is 10.1 Å². The van der Waals surface area contributed by atoms with Crippen molar-refractivity contribution in [1.29, 1.82) is 0 Å². The van der Waals surface area contributed by atoms with Crippen LogP contribution in [0.3, 0.4) is 0 Å². The summed E-state index contributed by atoms with van der Waals surface area (Å²) >= 11 is 0. The van der Waals surface area contributed by atoms with Crippen molar-refractivity contribution in [3.63, 3.8) is 0 Å². The first-order valence-electron chi connectivity index (χ1n) is 8.22. The van der Waals surface area contributed by atoms with E-state index in [2.05, 4.69) is 17.1 Å². The summed E-state index contributed by atoms with van der Waals surface area (Å²) in [4.78, 5) is 4.54. The van der Waals surface area contributed by atoms with Gasteiger partial charge in [-0.1, -0.05) is 42.0 Å². The van der Waals surface area contributed by atoms with Gasteiger partial charge in [0.25, 0.3) is 0 Å². The van der Waals surface area contributed by atoms with Crippen LogP contribution in [0.4, 0.5) is 0 Å². The van der Waals surface area contributed by atoms with Crippen LogP contribution in [0.25, 0.3) is 22.4 Å². The molecular formula is C23H15AuNO2-2. The van der Waals surface area contributed by atoms with E-state index in [-0.39, 0.29) is 28.1 Å². The molecule has 27 heavy (non-hydrogen) atoms. The molecule has 4 aromatic rings. The zero-order chi connectivity index (χ0) is 17.8. The average molecular weight is 534 g/mol. The number of nitrogens with zero attached hydrogens (tertiary/aromatic N) is 1. The number of phenols is 1. The van der Waals surface area contributed by atoms with Gasteiger partial charge in [-0.2, -0.15) is 0 Å². The van der Waals surface area contributed by atoms with E-state index in [4.69, 9.17) is 4.74 Å². The van der Waals surface area contributed by atoms with E-state index >= 15 is 0 Å². The summed E-state index contributed by atoms with van der Waals surface area (Å²) in [6.45, 7) is 0. The van der Waals surface area contributed by atoms with Crippen molar-refractivity contribution in [1.82, 2.24) is 4.98 Å². The topological polar surface area (TPSA) is 42.4 Å². The summed E-state index contributed by atoms with van der Waals surface area (Å²) in [6.07, 6.45) is 0. The number of hydrogen-bond donors (Lipinski definition) is 1. The maximum absolute atomic E-state index is 10.0. The number of hydrogen-bond acceptors (Lipinski definition) is 3. The van der Waals surface area contributed by atoms with Gasteiger partial charge in [-0.3, -0.25) is 4.98 Å². The predicted molar refractivity (Wildman–Crippen MR) is 101 cm³/mol. The fourth-order valence-corrected chi connectivity index (χ4v) is 2.65. The zero-order valence-corrected chi connectivity index (χ0v) is 16.4. The van der Waals surface area contributed by atoms with Gasteiger partial charge in [0.1, 0.15) is 0 Å². The Balaban J connectivity index is 0.00000210. The minimum absolute atomic E-state index is 0. The molecule has 0 spiro atoms. The summed E-state index contributed by atoms with van der Waals surface area (Å²) in [5.41, 5.74) is 3.16. The zero-order valence-electron chi connectivity index (χ0n) is 14.2. The van der Waals surface area contributed by atoms with Crippen molar-refractivity contribution in [2.24, 2.45) is 0 Å². The van der Waals surface area contributed by atoms with Gasteiger partial charge in [0.05, 0.1) is 5.75 Å². The Kier molecular flexibility index (Phi) is 6.09. The van der Waals surface area contributed by atoms with Gasteiger partial charge >= 0.3 is 0 Å². The van der Waals surface area contributed by atoms with Gasteiger partial charge in [-0.15, -0.1) is 59.7 Å². The fraction of sp³-hybridized carbons (Fsp3) is 0. The smallest absolute Gasteiger partial charge is 0.208 e. The van der Waals surface area contributed by atoms with Crippen LogP contribution in [-0.2, 0) is 22.4 Å². The number of phenolic OH excluding ortho intramolecular Hbond substituents is 1. The molecule has 1 heterocycles. The Hall–Kier alpha value is -2.85. The van der Waals surface area contributed by atoms with E-state index in [0.29, 0.717) is 17.2 Å². The van der Waals surface area contributed by atoms with Crippen molar-refractivity contribution >= 4 is 0 Å². The summed E-state index contributed by atoms with van der Waals surface area (Å²) in [6, 6.07) is 32.3. The Morgan fingerprint density at radius 1 is 0.778 bits per heavy atom. The van der Waals surface area contributed by atoms with Gasteiger partial charge < -0.3 is 9.84 Å². The molecule has 0 aliphatic rings. The molecule has 4 rings (SSSR count). The van der Waals surface area contributed by atoms with Gasteiger partial charge in [-0.25, -0.2) is 0 Å². The molecular weight excluding hydrogens is 519 g/mol. The molecule has 3 aromatic carbocycles. The largest absolute Gasteiger partial charge is 0.517 e. The number of aromatic nitrogens is 1. The second kappa shape index (κ2) is 8.69. The number of para-hydroxylation sites is 1. The number of aromatic hydroxyl groups is 1. The Labute approximate surface area is 173 Å². The van der Waals surface area contributed by atoms with E-state index in [1.54, 1.807) is 18.2 Å². The average Bonchev–Trinajstić information content (AvgIpc) is 2.69. The normalized spacial score (nSPS) is 10.1. The summed E-state index contributed by atoms with van der Waals surface area (Å²) in [5, 5.41) is 10.0. The predicted octanol–water partition coefficient (Wildman–Crippen LogP) is 5.51. The maximum atomic E-state index is 10.0. The minimum atomic E-state index is 0. The van der Waals surface area contributed by atoms with E-state index < -0.39 is 0 Å². The third-order valence-corrected chi connectivity index (χ3v) is 3.89. The Morgan fingerprint density at radius 2 is 1.56 bits per heavy atom. The minimum Gasteiger partial charge on any atom is -0.517 e. The molecule has 0 unspecified atom stereocenters. The molecule has 0 aliphatic carbocycles. The number of ether oxygens (including phenoxy) is 1. The van der Waals surface area contributed by atoms with Gasteiger partial charge in [0, 0.05) is 28.1 Å². The first kappa shape index (κ1) is 18.9. The summed E-state index contributed by atoms with van der Waals surface area (Å²) < 4.78 is 5.88. The molecule has 0 amide bonds. The first-order chi connectivity index (χ1) is 12.8. The standard InChI is InChI=1S/C23H15NO2.Au/c25-22-14-5-4-12-20(22)18-10-6-11-19(16-18)26-23-15-7-13-21(24-23)17-8-2-1-3-9-17;/h1-8,10-15,25H;/q-2;. The molecule has 1 radical (unpaired) electrons. The van der Waals surface area contributed by atoms with Crippen LogP contribution >= 0.6 is 0 Å². The molecule has 0 atom stereocenters. The maximum Gasteiger partial charge on any atom is 0.208 e. The van der Waals surface area contributed by atoms with Gasteiger partial charge in [0.2, 0.25) is 5.88 Å². The first-order valence-corrected chi connectivity index (χ1v) is 8.22. The Bertz CT molecular complexity index is 1030. The Morgan fingerprint density at radius 3 is 2.37 bits per heavy atom. The van der Waals surface area contributed by atoms with Crippen LogP contribution in [0.2, 0.25) is 0 Å². The van der Waals surface area contributed by atoms with Crippen molar-refractivity contribution in [2.45, 2.75) is 0 Å². The van der Waals surface area contributed by atoms with Crippen molar-refractivity contribution in [3.8, 4) is 39.8 Å². The van der Waals surface area contributed by atoms with Crippen LogP contribution in [0.1, 0.15) is 0 Å². The molecule has 137 valence electrons. The second-order valence-electron chi connectivity index (χ2n) is 5.69. The van der Waals surface area contributed by atoms with E-state index in [1.165, 1.54) is 0 Å².